The van der Waals surface area contributed by atoms with Crippen molar-refractivity contribution < 1.29 is 23.9 Å². The molecule has 1 spiro atoms. The molecule has 44 heavy (non-hydrogen) atoms. The smallest absolute Gasteiger partial charge is 0.246 e. The molecule has 3 heterocycles. The Morgan fingerprint density at radius 1 is 1.07 bits per heavy atom. The van der Waals surface area contributed by atoms with Gasteiger partial charge in [0.25, 0.3) is 0 Å². The minimum Gasteiger partial charge on any atom is -0.494 e. The van der Waals surface area contributed by atoms with Gasteiger partial charge in [0.05, 0.1) is 31.1 Å². The lowest BCUT2D eigenvalue weighted by Gasteiger charge is -2.38. The largest absolute Gasteiger partial charge is 0.494 e. The lowest BCUT2D eigenvalue weighted by molar-refractivity contribution is -0.142. The van der Waals surface area contributed by atoms with Crippen molar-refractivity contribution in [2.24, 2.45) is 23.7 Å². The monoisotopic (exact) mass is 599 g/mol. The van der Waals surface area contributed by atoms with E-state index in [1.807, 2.05) is 67.6 Å². The van der Waals surface area contributed by atoms with Crippen LogP contribution in [0.1, 0.15) is 70.9 Å². The second-order valence-electron chi connectivity index (χ2n) is 13.4. The Morgan fingerprint density at radius 3 is 2.55 bits per heavy atom. The summed E-state index contributed by atoms with van der Waals surface area (Å²) in [5, 5.41) is 6.36. The van der Waals surface area contributed by atoms with Gasteiger partial charge in [0, 0.05) is 17.3 Å². The van der Waals surface area contributed by atoms with E-state index in [0.717, 1.165) is 24.8 Å². The number of ether oxygens (including phenoxy) is 2. The van der Waals surface area contributed by atoms with Crippen LogP contribution in [0, 0.1) is 23.7 Å². The predicted octanol–water partition coefficient (Wildman–Crippen LogP) is 5.44. The van der Waals surface area contributed by atoms with E-state index < -0.39 is 29.6 Å². The summed E-state index contributed by atoms with van der Waals surface area (Å²) in [6.07, 6.45) is 6.25. The molecule has 0 aromatic heterocycles. The molecule has 3 aliphatic heterocycles. The molecule has 8 nitrogen and oxygen atoms in total. The van der Waals surface area contributed by atoms with Gasteiger partial charge in [-0.1, -0.05) is 83.0 Å². The Kier molecular flexibility index (Phi) is 8.31. The number of hydrogen-bond acceptors (Lipinski definition) is 5. The fourth-order valence-corrected chi connectivity index (χ4v) is 7.78. The zero-order valence-electron chi connectivity index (χ0n) is 26.4. The first-order valence-electron chi connectivity index (χ1n) is 16.2. The summed E-state index contributed by atoms with van der Waals surface area (Å²) in [4.78, 5) is 44.3. The average molecular weight is 600 g/mol. The van der Waals surface area contributed by atoms with Crippen LogP contribution in [0.4, 0.5) is 5.69 Å². The maximum Gasteiger partial charge on any atom is 0.246 e. The van der Waals surface area contributed by atoms with Crippen molar-refractivity contribution in [1.29, 1.82) is 0 Å². The van der Waals surface area contributed by atoms with Gasteiger partial charge in [-0.15, -0.1) is 0 Å². The van der Waals surface area contributed by atoms with Gasteiger partial charge in [-0.25, -0.2) is 0 Å². The van der Waals surface area contributed by atoms with Crippen molar-refractivity contribution in [3.8, 4) is 5.75 Å². The molecular weight excluding hydrogens is 554 g/mol. The highest BCUT2D eigenvalue weighted by molar-refractivity contribution is 6.02. The number of likely N-dealkylation sites (tertiary alicyclic amines) is 1. The van der Waals surface area contributed by atoms with Crippen LogP contribution in [0.2, 0.25) is 0 Å². The number of nitrogens with zero attached hydrogens (tertiary/aromatic N) is 1. The van der Waals surface area contributed by atoms with Gasteiger partial charge in [0.15, 0.2) is 0 Å². The third-order valence-electron chi connectivity index (χ3n) is 10.4. The highest BCUT2D eigenvalue weighted by atomic mass is 16.5. The fraction of sp³-hybridized carbons (Fsp3) is 0.528. The molecule has 2 aromatic rings. The summed E-state index contributed by atoms with van der Waals surface area (Å²) >= 11 is 0. The van der Waals surface area contributed by atoms with E-state index >= 15 is 0 Å². The van der Waals surface area contributed by atoms with Crippen LogP contribution < -0.4 is 15.4 Å². The van der Waals surface area contributed by atoms with Crippen molar-refractivity contribution in [3.63, 3.8) is 0 Å². The van der Waals surface area contributed by atoms with Crippen LogP contribution in [0.5, 0.6) is 5.75 Å². The Labute approximate surface area is 260 Å². The van der Waals surface area contributed by atoms with Gasteiger partial charge in [-0.2, -0.15) is 0 Å². The predicted molar refractivity (Wildman–Crippen MR) is 169 cm³/mol. The second-order valence-corrected chi connectivity index (χ2v) is 13.4. The Bertz CT molecular complexity index is 1440. The van der Waals surface area contributed by atoms with Crippen LogP contribution in [-0.2, 0) is 25.7 Å². The molecule has 0 radical (unpaired) electrons. The van der Waals surface area contributed by atoms with Gasteiger partial charge >= 0.3 is 0 Å². The zero-order chi connectivity index (χ0) is 31.2. The van der Waals surface area contributed by atoms with Crippen molar-refractivity contribution in [1.82, 2.24) is 10.2 Å². The number of rotatable bonds is 9. The van der Waals surface area contributed by atoms with Crippen molar-refractivity contribution in [2.75, 3.05) is 11.9 Å². The third-order valence-corrected chi connectivity index (χ3v) is 10.4. The molecule has 1 aliphatic carbocycles. The lowest BCUT2D eigenvalue weighted by atomic mass is 9.73. The van der Waals surface area contributed by atoms with E-state index in [4.69, 9.17) is 9.47 Å². The molecule has 2 N–H and O–H groups in total. The fourth-order valence-electron chi connectivity index (χ4n) is 7.78. The molecule has 6 rings (SSSR count). The third kappa shape index (κ3) is 5.21. The van der Waals surface area contributed by atoms with Crippen molar-refractivity contribution >= 4 is 23.4 Å². The quantitative estimate of drug-likeness (QED) is 0.375. The van der Waals surface area contributed by atoms with E-state index in [9.17, 15) is 14.4 Å². The average Bonchev–Trinajstić information content (AvgIpc) is 3.64. The number of hydrogen-bond donors (Lipinski definition) is 2. The van der Waals surface area contributed by atoms with Crippen molar-refractivity contribution in [3.05, 3.63) is 71.8 Å². The first-order valence-corrected chi connectivity index (χ1v) is 16.2. The summed E-state index contributed by atoms with van der Waals surface area (Å²) in [6.45, 7) is 11.2. The first-order chi connectivity index (χ1) is 21.1. The first kappa shape index (κ1) is 30.4. The highest BCUT2D eigenvalue weighted by Crippen LogP contribution is 2.55. The SMILES string of the molecule is CCOc1ccccc1CN1C(=O)[C@H]2[C@H](C(=O)Nc3ccc(C(C)C)cc3)[C@H]3C=C[C@@]2(O3)[C@@H]1C(=O)N[C@@H]1CCC[C@@H](C)[C@H]1C. The molecule has 4 aliphatic rings. The van der Waals surface area contributed by atoms with E-state index in [2.05, 4.69) is 38.3 Å². The van der Waals surface area contributed by atoms with Gasteiger partial charge in [0.1, 0.15) is 17.4 Å². The summed E-state index contributed by atoms with van der Waals surface area (Å²) in [5.41, 5.74) is 1.43. The number of carbonyl (C=O) groups excluding carboxylic acids is 3. The Morgan fingerprint density at radius 2 is 1.82 bits per heavy atom. The van der Waals surface area contributed by atoms with Gasteiger partial charge < -0.3 is 25.0 Å². The molecule has 2 bridgehead atoms. The number of fused-ring (bicyclic) bond motifs is 1. The minimum absolute atomic E-state index is 0.0184. The maximum atomic E-state index is 14.5. The number of nitrogens with one attached hydrogen (secondary N) is 2. The molecule has 3 fully saturated rings. The molecule has 2 saturated heterocycles. The van der Waals surface area contributed by atoms with Crippen LogP contribution in [-0.4, -0.2) is 53.0 Å². The Hall–Kier alpha value is -3.65. The minimum atomic E-state index is -1.22. The molecule has 8 atom stereocenters. The number of benzene rings is 2. The maximum absolute atomic E-state index is 14.5. The summed E-state index contributed by atoms with van der Waals surface area (Å²) < 4.78 is 12.4. The van der Waals surface area contributed by atoms with Crippen LogP contribution >= 0.6 is 0 Å². The lowest BCUT2D eigenvalue weighted by Crippen LogP contribution is -2.57. The molecule has 234 valence electrons. The summed E-state index contributed by atoms with van der Waals surface area (Å²) in [5.74, 6) is -0.448. The van der Waals surface area contributed by atoms with Crippen LogP contribution in [0.3, 0.4) is 0 Å². The topological polar surface area (TPSA) is 97.0 Å². The normalized spacial score (nSPS) is 32.2. The van der Waals surface area contributed by atoms with Gasteiger partial charge in [-0.05, 0) is 54.9 Å². The summed E-state index contributed by atoms with van der Waals surface area (Å²) in [6, 6.07) is 14.5. The second kappa shape index (κ2) is 12.0. The number of carbonyl (C=O) groups is 3. The van der Waals surface area contributed by atoms with Gasteiger partial charge in [0.2, 0.25) is 17.7 Å². The van der Waals surface area contributed by atoms with E-state index in [0.29, 0.717) is 35.8 Å². The molecule has 3 amide bonds. The molecule has 0 unspecified atom stereocenters. The van der Waals surface area contributed by atoms with Crippen LogP contribution in [0.15, 0.2) is 60.7 Å². The van der Waals surface area contributed by atoms with E-state index in [1.165, 1.54) is 5.56 Å². The van der Waals surface area contributed by atoms with E-state index in [1.54, 1.807) is 4.90 Å². The molecule has 1 saturated carbocycles. The number of anilines is 1. The van der Waals surface area contributed by atoms with Crippen LogP contribution in [0.25, 0.3) is 0 Å². The molecule has 2 aromatic carbocycles. The zero-order valence-corrected chi connectivity index (χ0v) is 26.4. The highest BCUT2D eigenvalue weighted by Gasteiger charge is 2.72. The van der Waals surface area contributed by atoms with Gasteiger partial charge in [-0.3, -0.25) is 14.4 Å². The molecular formula is C36H45N3O5. The summed E-state index contributed by atoms with van der Waals surface area (Å²) in [7, 11) is 0. The molecule has 8 heteroatoms. The standard InChI is InChI=1S/C36H45N3O5/c1-6-43-28-13-8-7-11-25(28)20-39-32(34(41)38-27-12-9-10-22(4)23(27)5)36-19-18-29(44-36)30(31(36)35(39)42)33(40)37-26-16-14-24(15-17-26)21(2)3/h7-8,11,13-19,21-23,27,29-32H,6,9-10,12,20H2,1-5H3,(H,37,40)(H,38,41)/t22-,23-,27-,29-,30-,31-,32+,36+/m1/s1. The number of para-hydroxylation sites is 1. The Balaban J connectivity index is 1.32. The van der Waals surface area contributed by atoms with E-state index in [-0.39, 0.29) is 30.3 Å². The van der Waals surface area contributed by atoms with Crippen molar-refractivity contribution in [2.45, 2.75) is 90.1 Å². The number of amides is 3.